The van der Waals surface area contributed by atoms with Crippen LogP contribution in [0.3, 0.4) is 0 Å². The van der Waals surface area contributed by atoms with Crippen molar-refractivity contribution in [3.05, 3.63) is 0 Å². The van der Waals surface area contributed by atoms with Gasteiger partial charge in [-0.05, 0) is 13.5 Å². The summed E-state index contributed by atoms with van der Waals surface area (Å²) in [7, 11) is 1.86. The van der Waals surface area contributed by atoms with E-state index in [-0.39, 0.29) is 30.3 Å². The highest BCUT2D eigenvalue weighted by molar-refractivity contribution is 5.80. The average Bonchev–Trinajstić information content (AvgIpc) is 2.77. The Morgan fingerprint density at radius 2 is 2.05 bits per heavy atom. The molecule has 3 N–H and O–H groups in total. The zero-order valence-electron chi connectivity index (χ0n) is 12.0. The van der Waals surface area contributed by atoms with E-state index in [4.69, 9.17) is 10.5 Å². The molecule has 0 radical (unpaired) electrons. The molecule has 2 aliphatic heterocycles. The summed E-state index contributed by atoms with van der Waals surface area (Å²) in [6, 6.07) is 0.104. The highest BCUT2D eigenvalue weighted by Crippen LogP contribution is 2.17. The Bertz CT molecular complexity index is 364. The van der Waals surface area contributed by atoms with Gasteiger partial charge in [0.2, 0.25) is 11.8 Å². The second-order valence-corrected chi connectivity index (χ2v) is 5.46. The summed E-state index contributed by atoms with van der Waals surface area (Å²) in [5.41, 5.74) is 5.22. The van der Waals surface area contributed by atoms with Crippen LogP contribution in [0.2, 0.25) is 0 Å². The molecule has 114 valence electrons. The van der Waals surface area contributed by atoms with E-state index in [2.05, 4.69) is 5.32 Å². The fourth-order valence-corrected chi connectivity index (χ4v) is 2.89. The summed E-state index contributed by atoms with van der Waals surface area (Å²) >= 11 is 0. The molecule has 0 spiro atoms. The van der Waals surface area contributed by atoms with Gasteiger partial charge in [0.25, 0.3) is 0 Å². The third-order valence-corrected chi connectivity index (χ3v) is 4.05. The zero-order valence-corrected chi connectivity index (χ0v) is 12.0. The lowest BCUT2D eigenvalue weighted by atomic mass is 10.0. The number of hydrogen-bond acceptors (Lipinski definition) is 5. The number of nitrogens with one attached hydrogen (secondary N) is 1. The van der Waals surface area contributed by atoms with Crippen molar-refractivity contribution in [3.8, 4) is 0 Å². The molecule has 2 heterocycles. The van der Waals surface area contributed by atoms with Crippen molar-refractivity contribution in [3.63, 3.8) is 0 Å². The molecule has 2 fully saturated rings. The highest BCUT2D eigenvalue weighted by atomic mass is 16.5. The van der Waals surface area contributed by atoms with Gasteiger partial charge >= 0.3 is 0 Å². The Kier molecular flexibility index (Phi) is 5.33. The standard InChI is InChI=1S/C13H24N4O3/c1-15-11-9-20-8-10(11)13(19)17-4-2-3-16(5-6-17)7-12(14)18/h10-11,15H,2-9H2,1H3,(H2,14,18). The van der Waals surface area contributed by atoms with Crippen molar-refractivity contribution in [1.82, 2.24) is 15.1 Å². The summed E-state index contributed by atoms with van der Waals surface area (Å²) in [6.45, 7) is 4.25. The van der Waals surface area contributed by atoms with Gasteiger partial charge in [0, 0.05) is 32.2 Å². The number of rotatable bonds is 4. The first-order chi connectivity index (χ1) is 9.61. The number of nitrogens with zero attached hydrogens (tertiary/aromatic N) is 2. The quantitative estimate of drug-likeness (QED) is 0.638. The van der Waals surface area contributed by atoms with Crippen LogP contribution < -0.4 is 11.1 Å². The average molecular weight is 284 g/mol. The van der Waals surface area contributed by atoms with Crippen LogP contribution in [-0.4, -0.2) is 80.6 Å². The normalized spacial score (nSPS) is 28.4. The molecular formula is C13H24N4O3. The molecule has 0 saturated carbocycles. The van der Waals surface area contributed by atoms with Crippen LogP contribution in [0.15, 0.2) is 0 Å². The predicted molar refractivity (Wildman–Crippen MR) is 74.0 cm³/mol. The number of primary amides is 1. The fourth-order valence-electron chi connectivity index (χ4n) is 2.89. The predicted octanol–water partition coefficient (Wildman–Crippen LogP) is -1.76. The molecule has 2 aliphatic rings. The van der Waals surface area contributed by atoms with E-state index < -0.39 is 0 Å². The summed E-state index contributed by atoms with van der Waals surface area (Å²) in [6.07, 6.45) is 0.872. The van der Waals surface area contributed by atoms with E-state index in [0.29, 0.717) is 26.3 Å². The Balaban J connectivity index is 1.89. The first-order valence-electron chi connectivity index (χ1n) is 7.16. The lowest BCUT2D eigenvalue weighted by molar-refractivity contribution is -0.135. The van der Waals surface area contributed by atoms with Crippen molar-refractivity contribution in [2.75, 3.05) is 53.0 Å². The molecular weight excluding hydrogens is 260 g/mol. The van der Waals surface area contributed by atoms with E-state index in [9.17, 15) is 9.59 Å². The molecule has 0 aliphatic carbocycles. The van der Waals surface area contributed by atoms with Gasteiger partial charge < -0.3 is 20.7 Å². The van der Waals surface area contributed by atoms with Crippen LogP contribution in [0.5, 0.6) is 0 Å². The lowest BCUT2D eigenvalue weighted by Crippen LogP contribution is -2.46. The molecule has 7 heteroatoms. The van der Waals surface area contributed by atoms with Crippen LogP contribution in [0.1, 0.15) is 6.42 Å². The molecule has 2 saturated heterocycles. The minimum atomic E-state index is -0.316. The second kappa shape index (κ2) is 7.01. The lowest BCUT2D eigenvalue weighted by Gasteiger charge is -2.26. The van der Waals surface area contributed by atoms with Crippen molar-refractivity contribution < 1.29 is 14.3 Å². The Labute approximate surface area is 119 Å². The van der Waals surface area contributed by atoms with E-state index in [0.717, 1.165) is 19.5 Å². The Morgan fingerprint density at radius 3 is 2.75 bits per heavy atom. The maximum Gasteiger partial charge on any atom is 0.231 e. The molecule has 2 rings (SSSR count). The van der Waals surface area contributed by atoms with Gasteiger partial charge in [-0.15, -0.1) is 0 Å². The van der Waals surface area contributed by atoms with Crippen LogP contribution in [0, 0.1) is 5.92 Å². The van der Waals surface area contributed by atoms with Gasteiger partial charge in [0.1, 0.15) is 0 Å². The molecule has 2 atom stereocenters. The summed E-state index contributed by atoms with van der Waals surface area (Å²) in [5.74, 6) is -0.255. The van der Waals surface area contributed by atoms with E-state index in [1.807, 2.05) is 16.8 Å². The highest BCUT2D eigenvalue weighted by Gasteiger charge is 2.36. The maximum atomic E-state index is 12.5. The monoisotopic (exact) mass is 284 g/mol. The van der Waals surface area contributed by atoms with Crippen LogP contribution in [0.25, 0.3) is 0 Å². The largest absolute Gasteiger partial charge is 0.379 e. The first kappa shape index (κ1) is 15.2. The van der Waals surface area contributed by atoms with Gasteiger partial charge in [0.05, 0.1) is 25.7 Å². The Morgan fingerprint density at radius 1 is 1.25 bits per heavy atom. The second-order valence-electron chi connectivity index (χ2n) is 5.46. The number of hydrogen-bond donors (Lipinski definition) is 2. The fraction of sp³-hybridized carbons (Fsp3) is 0.846. The zero-order chi connectivity index (χ0) is 14.5. The Hall–Kier alpha value is -1.18. The number of likely N-dealkylation sites (N-methyl/N-ethyl adjacent to an activating group) is 1. The maximum absolute atomic E-state index is 12.5. The van der Waals surface area contributed by atoms with Crippen molar-refractivity contribution >= 4 is 11.8 Å². The number of amides is 2. The molecule has 2 unspecified atom stereocenters. The van der Waals surface area contributed by atoms with Crippen LogP contribution >= 0.6 is 0 Å². The van der Waals surface area contributed by atoms with Gasteiger partial charge in [0.15, 0.2) is 0 Å². The van der Waals surface area contributed by atoms with E-state index in [1.165, 1.54) is 0 Å². The van der Waals surface area contributed by atoms with Crippen molar-refractivity contribution in [2.45, 2.75) is 12.5 Å². The van der Waals surface area contributed by atoms with Gasteiger partial charge in [-0.1, -0.05) is 0 Å². The summed E-state index contributed by atoms with van der Waals surface area (Å²) in [5, 5.41) is 3.14. The van der Waals surface area contributed by atoms with Crippen LogP contribution in [0.4, 0.5) is 0 Å². The molecule has 2 amide bonds. The molecule has 0 aromatic carbocycles. The van der Waals surface area contributed by atoms with Crippen molar-refractivity contribution in [2.24, 2.45) is 11.7 Å². The molecule has 0 bridgehead atoms. The molecule has 0 aromatic heterocycles. The molecule has 20 heavy (non-hydrogen) atoms. The molecule has 0 aromatic rings. The van der Waals surface area contributed by atoms with E-state index in [1.54, 1.807) is 0 Å². The minimum Gasteiger partial charge on any atom is -0.379 e. The first-order valence-corrected chi connectivity index (χ1v) is 7.16. The van der Waals surface area contributed by atoms with E-state index >= 15 is 0 Å². The van der Waals surface area contributed by atoms with Gasteiger partial charge in [-0.2, -0.15) is 0 Å². The van der Waals surface area contributed by atoms with Crippen LogP contribution in [-0.2, 0) is 14.3 Å². The minimum absolute atomic E-state index is 0.0947. The van der Waals surface area contributed by atoms with Gasteiger partial charge in [-0.25, -0.2) is 0 Å². The summed E-state index contributed by atoms with van der Waals surface area (Å²) in [4.78, 5) is 27.4. The SMILES string of the molecule is CNC1COCC1C(=O)N1CCCN(CC(N)=O)CC1. The molecule has 7 nitrogen and oxygen atoms in total. The number of carbonyl (C=O) groups excluding carboxylic acids is 2. The smallest absolute Gasteiger partial charge is 0.231 e. The third-order valence-electron chi connectivity index (χ3n) is 4.05. The third kappa shape index (κ3) is 3.68. The topological polar surface area (TPSA) is 87.9 Å². The number of ether oxygens (including phenoxy) is 1. The number of carbonyl (C=O) groups is 2. The van der Waals surface area contributed by atoms with Gasteiger partial charge in [-0.3, -0.25) is 14.5 Å². The number of nitrogens with two attached hydrogens (primary N) is 1. The summed E-state index contributed by atoms with van der Waals surface area (Å²) < 4.78 is 5.40. The van der Waals surface area contributed by atoms with Crippen molar-refractivity contribution in [1.29, 1.82) is 0 Å².